The Morgan fingerprint density at radius 3 is 2.42 bits per heavy atom. The van der Waals surface area contributed by atoms with Crippen molar-refractivity contribution in [3.8, 4) is 22.4 Å². The van der Waals surface area contributed by atoms with Gasteiger partial charge in [-0.05, 0) is 17.2 Å². The summed E-state index contributed by atoms with van der Waals surface area (Å²) in [6, 6.07) is 20.4. The van der Waals surface area contributed by atoms with Gasteiger partial charge in [0.25, 0.3) is 0 Å². The smallest absolute Gasteiger partial charge is 0.221 e. The summed E-state index contributed by atoms with van der Waals surface area (Å²) in [6.07, 6.45) is 1.65. The third-order valence-corrected chi connectivity index (χ3v) is 4.27. The van der Waals surface area contributed by atoms with Crippen molar-refractivity contribution in [2.75, 3.05) is 5.32 Å². The molecule has 2 heterocycles. The number of carbonyl (C=O) groups excluding carboxylic acids is 1. The van der Waals surface area contributed by atoms with Crippen molar-refractivity contribution in [2.45, 2.75) is 6.92 Å². The molecular weight excluding hydrogens is 324 g/mol. The molecule has 0 fully saturated rings. The Labute approximate surface area is 151 Å². The van der Waals surface area contributed by atoms with Gasteiger partial charge in [0.15, 0.2) is 5.65 Å². The number of benzene rings is 2. The number of fused-ring (bicyclic) bond motifs is 1. The van der Waals surface area contributed by atoms with E-state index in [0.717, 1.165) is 33.4 Å². The minimum absolute atomic E-state index is 0.124. The van der Waals surface area contributed by atoms with E-state index in [9.17, 15) is 4.79 Å². The molecule has 26 heavy (non-hydrogen) atoms. The van der Waals surface area contributed by atoms with Crippen molar-refractivity contribution in [3.63, 3.8) is 0 Å². The number of pyridine rings is 1. The number of carbonyl (C=O) groups is 1. The van der Waals surface area contributed by atoms with Crippen molar-refractivity contribution in [1.29, 1.82) is 0 Å². The molecule has 128 valence electrons. The molecule has 0 aliphatic carbocycles. The first kappa shape index (κ1) is 16.0. The average Bonchev–Trinajstić information content (AvgIpc) is 2.98. The second-order valence-electron chi connectivity index (χ2n) is 6.16. The quantitative estimate of drug-likeness (QED) is 0.605. The maximum Gasteiger partial charge on any atom is 0.221 e. The van der Waals surface area contributed by atoms with Gasteiger partial charge in [0.05, 0.1) is 11.9 Å². The van der Waals surface area contributed by atoms with Gasteiger partial charge in [-0.15, -0.1) is 0 Å². The summed E-state index contributed by atoms with van der Waals surface area (Å²) in [5.74, 6) is -0.124. The average molecular weight is 342 g/mol. The number of anilines is 1. The van der Waals surface area contributed by atoms with Gasteiger partial charge in [-0.25, -0.2) is 9.67 Å². The number of aryl methyl sites for hydroxylation is 1. The monoisotopic (exact) mass is 342 g/mol. The maximum absolute atomic E-state index is 11.4. The molecule has 2 aromatic carbocycles. The van der Waals surface area contributed by atoms with Crippen LogP contribution < -0.4 is 5.32 Å². The molecule has 0 aliphatic rings. The molecular formula is C21H18N4O. The highest BCUT2D eigenvalue weighted by Gasteiger charge is 2.16. The summed E-state index contributed by atoms with van der Waals surface area (Å²) in [5.41, 5.74) is 5.56. The molecule has 0 bridgehead atoms. The molecule has 4 rings (SSSR count). The van der Waals surface area contributed by atoms with Crippen molar-refractivity contribution in [2.24, 2.45) is 7.05 Å². The topological polar surface area (TPSA) is 59.8 Å². The Balaban J connectivity index is 1.94. The zero-order valence-electron chi connectivity index (χ0n) is 14.6. The fraction of sp³-hybridized carbons (Fsp3) is 0.0952. The van der Waals surface area contributed by atoms with Gasteiger partial charge in [-0.3, -0.25) is 4.79 Å². The first-order chi connectivity index (χ1) is 12.6. The van der Waals surface area contributed by atoms with Gasteiger partial charge in [0.1, 0.15) is 5.69 Å². The Kier molecular flexibility index (Phi) is 3.97. The van der Waals surface area contributed by atoms with Crippen LogP contribution in [0.1, 0.15) is 6.92 Å². The molecule has 4 aromatic rings. The van der Waals surface area contributed by atoms with Crippen molar-refractivity contribution in [3.05, 3.63) is 66.9 Å². The normalized spacial score (nSPS) is 10.8. The van der Waals surface area contributed by atoms with Crippen LogP contribution >= 0.6 is 0 Å². The number of nitrogens with one attached hydrogen (secondary N) is 1. The van der Waals surface area contributed by atoms with E-state index in [2.05, 4.69) is 34.6 Å². The first-order valence-corrected chi connectivity index (χ1v) is 8.38. The number of aromatic nitrogens is 3. The Hall–Kier alpha value is -3.47. The van der Waals surface area contributed by atoms with Crippen molar-refractivity contribution in [1.82, 2.24) is 14.8 Å². The third-order valence-electron chi connectivity index (χ3n) is 4.27. The fourth-order valence-electron chi connectivity index (χ4n) is 3.17. The Morgan fingerprint density at radius 1 is 1.00 bits per heavy atom. The van der Waals surface area contributed by atoms with Crippen molar-refractivity contribution < 1.29 is 4.79 Å². The summed E-state index contributed by atoms with van der Waals surface area (Å²) in [7, 11) is 1.88. The van der Waals surface area contributed by atoms with Crippen LogP contribution in [0.5, 0.6) is 0 Å². The summed E-state index contributed by atoms with van der Waals surface area (Å²) in [5, 5.41) is 8.41. The summed E-state index contributed by atoms with van der Waals surface area (Å²) >= 11 is 0. The van der Waals surface area contributed by atoms with Gasteiger partial charge in [-0.1, -0.05) is 54.6 Å². The summed E-state index contributed by atoms with van der Waals surface area (Å²) in [6.45, 7) is 1.49. The molecule has 0 saturated carbocycles. The van der Waals surface area contributed by atoms with Crippen LogP contribution in [0.2, 0.25) is 0 Å². The van der Waals surface area contributed by atoms with E-state index >= 15 is 0 Å². The van der Waals surface area contributed by atoms with Gasteiger partial charge in [0.2, 0.25) is 5.91 Å². The molecule has 0 saturated heterocycles. The number of hydrogen-bond donors (Lipinski definition) is 1. The molecule has 1 N–H and O–H groups in total. The molecule has 1 amide bonds. The number of nitrogens with zero attached hydrogens (tertiary/aromatic N) is 3. The maximum atomic E-state index is 11.4. The van der Waals surface area contributed by atoms with Crippen LogP contribution in [0, 0.1) is 0 Å². The van der Waals surface area contributed by atoms with E-state index in [1.165, 1.54) is 6.92 Å². The van der Waals surface area contributed by atoms with Gasteiger partial charge >= 0.3 is 0 Å². The van der Waals surface area contributed by atoms with Crippen LogP contribution in [0.3, 0.4) is 0 Å². The molecule has 0 radical (unpaired) electrons. The van der Waals surface area contributed by atoms with E-state index in [-0.39, 0.29) is 5.91 Å². The molecule has 2 aromatic heterocycles. The predicted octanol–water partition coefficient (Wildman–Crippen LogP) is 4.26. The van der Waals surface area contributed by atoms with E-state index in [1.807, 2.05) is 43.4 Å². The second-order valence-corrected chi connectivity index (χ2v) is 6.16. The lowest BCUT2D eigenvalue weighted by Crippen LogP contribution is -2.05. The Bertz CT molecular complexity index is 1100. The van der Waals surface area contributed by atoms with Crippen LogP contribution in [-0.2, 0) is 11.8 Å². The SMILES string of the molecule is CC(=O)Nc1cnc2c(c1)c(-c1ccccc1-c1ccccc1)nn2C. The van der Waals surface area contributed by atoms with Gasteiger partial charge in [-0.2, -0.15) is 5.10 Å². The van der Waals surface area contributed by atoms with E-state index < -0.39 is 0 Å². The zero-order valence-corrected chi connectivity index (χ0v) is 14.6. The molecule has 0 atom stereocenters. The minimum Gasteiger partial charge on any atom is -0.325 e. The van der Waals surface area contributed by atoms with Gasteiger partial charge in [0, 0.05) is 24.9 Å². The summed E-state index contributed by atoms with van der Waals surface area (Å²) in [4.78, 5) is 15.9. The van der Waals surface area contributed by atoms with E-state index in [4.69, 9.17) is 5.10 Å². The fourth-order valence-corrected chi connectivity index (χ4v) is 3.17. The zero-order chi connectivity index (χ0) is 18.1. The highest BCUT2D eigenvalue weighted by atomic mass is 16.1. The first-order valence-electron chi connectivity index (χ1n) is 8.38. The highest BCUT2D eigenvalue weighted by Crippen LogP contribution is 2.35. The van der Waals surface area contributed by atoms with Crippen LogP contribution in [0.15, 0.2) is 66.9 Å². The van der Waals surface area contributed by atoms with Crippen molar-refractivity contribution >= 4 is 22.6 Å². The molecule has 5 heteroatoms. The van der Waals surface area contributed by atoms with Crippen LogP contribution in [0.4, 0.5) is 5.69 Å². The summed E-state index contributed by atoms with van der Waals surface area (Å²) < 4.78 is 1.77. The number of hydrogen-bond acceptors (Lipinski definition) is 3. The third kappa shape index (κ3) is 2.84. The molecule has 0 unspecified atom stereocenters. The molecule has 0 spiro atoms. The minimum atomic E-state index is -0.124. The largest absolute Gasteiger partial charge is 0.325 e. The highest BCUT2D eigenvalue weighted by molar-refractivity contribution is 5.99. The lowest BCUT2D eigenvalue weighted by atomic mass is 9.96. The molecule has 5 nitrogen and oxygen atoms in total. The standard InChI is InChI=1S/C21H18N4O/c1-14(26)23-16-12-19-20(24-25(2)21(19)22-13-16)18-11-7-6-10-17(18)15-8-4-3-5-9-15/h3-13H,1-2H3,(H,23,26). The Morgan fingerprint density at radius 2 is 1.69 bits per heavy atom. The lowest BCUT2D eigenvalue weighted by molar-refractivity contribution is -0.114. The molecule has 0 aliphatic heterocycles. The van der Waals surface area contributed by atoms with E-state index in [0.29, 0.717) is 5.69 Å². The predicted molar refractivity (Wildman–Crippen MR) is 104 cm³/mol. The number of rotatable bonds is 3. The second kappa shape index (κ2) is 6.44. The van der Waals surface area contributed by atoms with E-state index in [1.54, 1.807) is 10.9 Å². The van der Waals surface area contributed by atoms with Crippen LogP contribution in [-0.4, -0.2) is 20.7 Å². The lowest BCUT2D eigenvalue weighted by Gasteiger charge is -2.08. The van der Waals surface area contributed by atoms with Gasteiger partial charge < -0.3 is 5.32 Å². The number of amides is 1. The van der Waals surface area contributed by atoms with Crippen LogP contribution in [0.25, 0.3) is 33.4 Å².